The lowest BCUT2D eigenvalue weighted by molar-refractivity contribution is -0.120. The fourth-order valence-electron chi connectivity index (χ4n) is 3.24. The van der Waals surface area contributed by atoms with Crippen molar-refractivity contribution in [3.8, 4) is 17.0 Å². The van der Waals surface area contributed by atoms with Crippen LogP contribution in [0.15, 0.2) is 36.7 Å². The van der Waals surface area contributed by atoms with Gasteiger partial charge >= 0.3 is 0 Å². The van der Waals surface area contributed by atoms with Crippen LogP contribution >= 0.6 is 0 Å². The van der Waals surface area contributed by atoms with Gasteiger partial charge in [-0.15, -0.1) is 0 Å². The van der Waals surface area contributed by atoms with Crippen molar-refractivity contribution in [2.75, 3.05) is 18.6 Å². The Morgan fingerprint density at radius 2 is 1.94 bits per heavy atom. The predicted molar refractivity (Wildman–Crippen MR) is 106 cm³/mol. The molecule has 2 amide bonds. The molecule has 8 nitrogen and oxygen atoms in total. The van der Waals surface area contributed by atoms with E-state index in [-0.39, 0.29) is 29.4 Å². The van der Waals surface area contributed by atoms with Gasteiger partial charge in [-0.25, -0.2) is 28.1 Å². The van der Waals surface area contributed by atoms with Crippen molar-refractivity contribution in [3.05, 3.63) is 65.5 Å². The molecule has 1 N–H and O–H groups in total. The first kappa shape index (κ1) is 21.2. The minimum Gasteiger partial charge on any atom is -0.487 e. The Kier molecular flexibility index (Phi) is 5.47. The highest BCUT2D eigenvalue weighted by atomic mass is 19.1. The van der Waals surface area contributed by atoms with Crippen molar-refractivity contribution >= 4 is 17.6 Å². The molecule has 1 aliphatic rings. The quantitative estimate of drug-likeness (QED) is 0.668. The molecule has 32 heavy (non-hydrogen) atoms. The topological polar surface area (TPSA) is 97.3 Å². The third-order valence-electron chi connectivity index (χ3n) is 4.85. The summed E-state index contributed by atoms with van der Waals surface area (Å²) in [5.41, 5.74) is 0.522. The molecule has 3 aromatic rings. The normalized spacial score (nSPS) is 15.6. The predicted octanol–water partition coefficient (Wildman–Crippen LogP) is 2.42. The largest absolute Gasteiger partial charge is 0.487 e. The minimum atomic E-state index is -1.16. The number of nitrogens with one attached hydrogen (secondary N) is 1. The number of hydrogen-bond donors (Lipinski definition) is 1. The molecule has 0 fully saturated rings. The summed E-state index contributed by atoms with van der Waals surface area (Å²) >= 11 is 0. The molecule has 2 aromatic heterocycles. The molecule has 1 aliphatic heterocycles. The van der Waals surface area contributed by atoms with Gasteiger partial charge in [0.15, 0.2) is 17.4 Å². The lowest BCUT2D eigenvalue weighted by atomic mass is 10.1. The molecule has 0 saturated carbocycles. The zero-order valence-corrected chi connectivity index (χ0v) is 16.9. The Labute approximate surface area is 180 Å². The van der Waals surface area contributed by atoms with Crippen LogP contribution in [0.4, 0.5) is 19.0 Å². The van der Waals surface area contributed by atoms with E-state index in [1.807, 2.05) is 0 Å². The maximum Gasteiger partial charge on any atom is 0.289 e. The summed E-state index contributed by atoms with van der Waals surface area (Å²) in [5, 5.41) is 2.44. The molecule has 0 radical (unpaired) electrons. The number of likely N-dealkylation sites (N-methyl/N-ethyl adjacent to an activating group) is 1. The van der Waals surface area contributed by atoms with Crippen LogP contribution in [0.25, 0.3) is 11.3 Å². The SMILES string of the molecule is Cc1cc(F)ccc1-c1nc(C(=O)N[C@H]2COc3cc(F)cnc3N(C)C2=O)ncc1F. The second kappa shape index (κ2) is 8.25. The van der Waals surface area contributed by atoms with Gasteiger partial charge in [0.05, 0.1) is 12.4 Å². The Bertz CT molecular complexity index is 1240. The van der Waals surface area contributed by atoms with Crippen LogP contribution in [0.5, 0.6) is 5.75 Å². The lowest BCUT2D eigenvalue weighted by Gasteiger charge is -2.19. The summed E-state index contributed by atoms with van der Waals surface area (Å²) < 4.78 is 46.6. The number of hydrogen-bond acceptors (Lipinski definition) is 6. The molecule has 0 bridgehead atoms. The number of aromatic nitrogens is 3. The Morgan fingerprint density at radius 3 is 2.69 bits per heavy atom. The second-order valence-corrected chi connectivity index (χ2v) is 7.06. The Balaban J connectivity index is 1.59. The van der Waals surface area contributed by atoms with Crippen molar-refractivity contribution in [3.63, 3.8) is 0 Å². The van der Waals surface area contributed by atoms with Crippen LogP contribution in [-0.2, 0) is 4.79 Å². The molecule has 4 rings (SSSR count). The number of anilines is 1. The zero-order chi connectivity index (χ0) is 23.0. The van der Waals surface area contributed by atoms with E-state index in [9.17, 15) is 22.8 Å². The van der Waals surface area contributed by atoms with Gasteiger partial charge < -0.3 is 10.1 Å². The van der Waals surface area contributed by atoms with Crippen LogP contribution in [0.1, 0.15) is 16.2 Å². The van der Waals surface area contributed by atoms with Gasteiger partial charge in [0.1, 0.15) is 30.0 Å². The smallest absolute Gasteiger partial charge is 0.289 e. The summed E-state index contributed by atoms with van der Waals surface area (Å²) in [6, 6.07) is 3.63. The first-order chi connectivity index (χ1) is 15.2. The van der Waals surface area contributed by atoms with Gasteiger partial charge in [0.25, 0.3) is 11.8 Å². The maximum absolute atomic E-state index is 14.3. The summed E-state index contributed by atoms with van der Waals surface area (Å²) in [6.45, 7) is 1.28. The van der Waals surface area contributed by atoms with Crippen molar-refractivity contribution in [1.29, 1.82) is 0 Å². The number of ether oxygens (including phenoxy) is 1. The highest BCUT2D eigenvalue weighted by Gasteiger charge is 2.32. The number of nitrogens with zero attached hydrogens (tertiary/aromatic N) is 4. The molecule has 0 saturated heterocycles. The molecule has 0 spiro atoms. The van der Waals surface area contributed by atoms with E-state index in [1.165, 1.54) is 19.2 Å². The average Bonchev–Trinajstić information content (AvgIpc) is 2.86. The number of rotatable bonds is 3. The Hall–Kier alpha value is -4.02. The van der Waals surface area contributed by atoms with E-state index >= 15 is 0 Å². The van der Waals surface area contributed by atoms with Gasteiger partial charge in [0.2, 0.25) is 5.82 Å². The van der Waals surface area contributed by atoms with Crippen LogP contribution in [0, 0.1) is 24.4 Å². The van der Waals surface area contributed by atoms with E-state index in [0.29, 0.717) is 5.56 Å². The first-order valence-electron chi connectivity index (χ1n) is 9.40. The number of aryl methyl sites for hydroxylation is 1. The van der Waals surface area contributed by atoms with Gasteiger partial charge in [-0.1, -0.05) is 0 Å². The fraction of sp³-hybridized carbons (Fsp3) is 0.190. The summed E-state index contributed by atoms with van der Waals surface area (Å²) in [7, 11) is 1.41. The lowest BCUT2D eigenvalue weighted by Crippen LogP contribution is -2.49. The first-order valence-corrected chi connectivity index (χ1v) is 9.40. The Morgan fingerprint density at radius 1 is 1.16 bits per heavy atom. The highest BCUT2D eigenvalue weighted by Crippen LogP contribution is 2.29. The standard InChI is InChI=1S/C21H16F3N5O3/c1-10-5-11(22)3-4-13(10)17-14(24)8-25-18(28-17)20(30)27-15-9-32-16-6-12(23)7-26-19(16)29(2)21(15)31/h3-8,15H,9H2,1-2H3,(H,27,30)/t15-/m0/s1. The highest BCUT2D eigenvalue weighted by molar-refractivity contribution is 6.01. The number of pyridine rings is 1. The number of benzene rings is 1. The summed E-state index contributed by atoms with van der Waals surface area (Å²) in [6.07, 6.45) is 1.76. The minimum absolute atomic E-state index is 0.0460. The molecular weight excluding hydrogens is 427 g/mol. The number of fused-ring (bicyclic) bond motifs is 1. The molecule has 1 aromatic carbocycles. The third-order valence-corrected chi connectivity index (χ3v) is 4.85. The van der Waals surface area contributed by atoms with Gasteiger partial charge in [-0.05, 0) is 30.7 Å². The summed E-state index contributed by atoms with van der Waals surface area (Å²) in [4.78, 5) is 38.1. The van der Waals surface area contributed by atoms with Crippen molar-refractivity contribution < 1.29 is 27.5 Å². The van der Waals surface area contributed by atoms with Crippen LogP contribution in [-0.4, -0.2) is 46.5 Å². The van der Waals surface area contributed by atoms with E-state index in [4.69, 9.17) is 4.74 Å². The third kappa shape index (κ3) is 3.96. The van der Waals surface area contributed by atoms with Gasteiger partial charge in [-0.2, -0.15) is 0 Å². The van der Waals surface area contributed by atoms with E-state index in [1.54, 1.807) is 6.92 Å². The maximum atomic E-state index is 14.3. The number of amides is 2. The molecule has 164 valence electrons. The second-order valence-electron chi connectivity index (χ2n) is 7.06. The molecule has 0 aliphatic carbocycles. The van der Waals surface area contributed by atoms with E-state index < -0.39 is 41.1 Å². The van der Waals surface area contributed by atoms with E-state index in [0.717, 1.165) is 29.4 Å². The van der Waals surface area contributed by atoms with Crippen LogP contribution < -0.4 is 15.0 Å². The van der Waals surface area contributed by atoms with Gasteiger partial charge in [0, 0.05) is 18.7 Å². The summed E-state index contributed by atoms with van der Waals surface area (Å²) in [5.74, 6) is -3.61. The molecule has 1 atom stereocenters. The molecular formula is C21H16F3N5O3. The monoisotopic (exact) mass is 443 g/mol. The fourth-order valence-corrected chi connectivity index (χ4v) is 3.24. The van der Waals surface area contributed by atoms with Gasteiger partial charge in [-0.3, -0.25) is 14.5 Å². The molecule has 0 unspecified atom stereocenters. The average molecular weight is 443 g/mol. The van der Waals surface area contributed by atoms with Crippen LogP contribution in [0.3, 0.4) is 0 Å². The zero-order valence-electron chi connectivity index (χ0n) is 16.9. The molecule has 11 heteroatoms. The number of carbonyl (C=O) groups is 2. The van der Waals surface area contributed by atoms with Crippen molar-refractivity contribution in [1.82, 2.24) is 20.3 Å². The van der Waals surface area contributed by atoms with Crippen molar-refractivity contribution in [2.45, 2.75) is 13.0 Å². The van der Waals surface area contributed by atoms with Crippen LogP contribution in [0.2, 0.25) is 0 Å². The van der Waals surface area contributed by atoms with Crippen molar-refractivity contribution in [2.24, 2.45) is 0 Å². The molecule has 3 heterocycles. The number of carbonyl (C=O) groups excluding carboxylic acids is 2. The van der Waals surface area contributed by atoms with E-state index in [2.05, 4.69) is 20.3 Å². The number of halogens is 3.